The number of aliphatic carboxylic acids is 1. The summed E-state index contributed by atoms with van der Waals surface area (Å²) in [5, 5.41) is 10.1. The van der Waals surface area contributed by atoms with Gasteiger partial charge < -0.3 is 19.3 Å². The molecule has 10 heteroatoms. The van der Waals surface area contributed by atoms with Crippen LogP contribution in [-0.4, -0.2) is 49.6 Å². The molecule has 4 atom stereocenters. The van der Waals surface area contributed by atoms with E-state index in [1.165, 1.54) is 0 Å². The molecule has 2 fully saturated rings. The van der Waals surface area contributed by atoms with Crippen molar-refractivity contribution in [1.82, 2.24) is 4.31 Å². The molecule has 0 amide bonds. The Labute approximate surface area is 292 Å². The number of carboxylic acids is 1. The van der Waals surface area contributed by atoms with E-state index < -0.39 is 28.7 Å². The Kier molecular flexibility index (Phi) is 10.2. The van der Waals surface area contributed by atoms with E-state index in [0.717, 1.165) is 27.8 Å². The van der Waals surface area contributed by atoms with Crippen molar-refractivity contribution in [1.29, 1.82) is 0 Å². The highest BCUT2D eigenvalue weighted by atomic mass is 35.5. The average Bonchev–Trinajstić information content (AvgIpc) is 3.09. The Morgan fingerprint density at radius 3 is 2.31 bits per heavy atom. The van der Waals surface area contributed by atoms with E-state index >= 15 is 0 Å². The quantitative estimate of drug-likeness (QED) is 0.165. The van der Waals surface area contributed by atoms with Gasteiger partial charge in [0.15, 0.2) is 6.61 Å². The zero-order valence-electron chi connectivity index (χ0n) is 27.8. The zero-order valence-corrected chi connectivity index (χ0v) is 29.3. The van der Waals surface area contributed by atoms with Crippen molar-refractivity contribution >= 4 is 27.6 Å². The van der Waals surface area contributed by atoms with Crippen molar-refractivity contribution in [3.8, 4) is 28.4 Å². The molecular formula is C39H40ClNO7S. The lowest BCUT2D eigenvalue weighted by atomic mass is 9.76. The van der Waals surface area contributed by atoms with Gasteiger partial charge in [-0.3, -0.25) is 0 Å². The molecular weight excluding hydrogens is 662 g/mol. The lowest BCUT2D eigenvalue weighted by Crippen LogP contribution is -2.50. The number of hydrogen-bond acceptors (Lipinski definition) is 6. The Hall–Kier alpha value is -4.15. The van der Waals surface area contributed by atoms with Gasteiger partial charge in [0.2, 0.25) is 10.0 Å². The van der Waals surface area contributed by atoms with E-state index in [4.69, 9.17) is 25.8 Å². The standard InChI is InChI=1S/C39H40ClNO7S/c1-24(2)33-20-29-22-41(49(44,45)32-13-10-28(11-14-32)27-8-6-5-7-9-27)17-16-35(29)48-39(33)34-21-30(12-15-36(34)46-23-37(42)43)47-31-18-25(3)38(40)26(4)19-31/h5-15,18-19,21,29,33,35,39H,1,16-17,20,22-23H2,2-4H3,(H,42,43)/t29-,33+,35-,39-/m1/s1. The summed E-state index contributed by atoms with van der Waals surface area (Å²) >= 11 is 6.37. The number of carbonyl (C=O) groups is 1. The fourth-order valence-corrected chi connectivity index (χ4v) is 8.49. The lowest BCUT2D eigenvalue weighted by molar-refractivity contribution is -0.139. The number of halogens is 1. The van der Waals surface area contributed by atoms with Crippen molar-refractivity contribution in [3.05, 3.63) is 119 Å². The van der Waals surface area contributed by atoms with Crippen LogP contribution < -0.4 is 9.47 Å². The van der Waals surface area contributed by atoms with E-state index in [1.54, 1.807) is 28.6 Å². The summed E-state index contributed by atoms with van der Waals surface area (Å²) in [5.41, 5.74) is 5.28. The number of sulfonamides is 1. The number of carboxylic acid groups (broad SMARTS) is 1. The summed E-state index contributed by atoms with van der Waals surface area (Å²) in [6.45, 7) is 10.2. The molecule has 2 aliphatic heterocycles. The molecule has 8 nitrogen and oxygen atoms in total. The molecule has 4 aromatic rings. The van der Waals surface area contributed by atoms with E-state index in [2.05, 4.69) is 6.58 Å². The number of rotatable bonds is 10. The molecule has 0 aromatic heterocycles. The van der Waals surface area contributed by atoms with Gasteiger partial charge in [-0.1, -0.05) is 66.2 Å². The number of hydrogen-bond donors (Lipinski definition) is 1. The third-order valence-corrected chi connectivity index (χ3v) is 11.9. The van der Waals surface area contributed by atoms with Gasteiger partial charge in [-0.05, 0) is 104 Å². The van der Waals surface area contributed by atoms with E-state index in [1.807, 2.05) is 81.4 Å². The largest absolute Gasteiger partial charge is 0.482 e. The summed E-state index contributed by atoms with van der Waals surface area (Å²) in [4.78, 5) is 11.7. The maximum atomic E-state index is 13.8. The van der Waals surface area contributed by atoms with Gasteiger partial charge in [0.25, 0.3) is 0 Å². The third kappa shape index (κ3) is 7.55. The Morgan fingerprint density at radius 1 is 0.980 bits per heavy atom. The average molecular weight is 702 g/mol. The summed E-state index contributed by atoms with van der Waals surface area (Å²) < 4.78 is 48.0. The van der Waals surface area contributed by atoms with E-state index in [9.17, 15) is 18.3 Å². The van der Waals surface area contributed by atoms with Gasteiger partial charge in [-0.15, -0.1) is 0 Å². The summed E-state index contributed by atoms with van der Waals surface area (Å²) in [6.07, 6.45) is 0.429. The molecule has 0 aliphatic carbocycles. The fraction of sp³-hybridized carbons (Fsp3) is 0.308. The molecule has 2 heterocycles. The van der Waals surface area contributed by atoms with Crippen LogP contribution >= 0.6 is 11.6 Å². The smallest absolute Gasteiger partial charge is 0.341 e. The maximum absolute atomic E-state index is 13.8. The SMILES string of the molecule is C=C(C)[C@@H]1C[C@@H]2CN(S(=O)(=O)c3ccc(-c4ccccc4)cc3)CC[C@H]2O[C@H]1c1cc(Oc2cc(C)c(Cl)c(C)c2)ccc1OCC(=O)O. The van der Waals surface area contributed by atoms with Crippen molar-refractivity contribution < 1.29 is 32.5 Å². The van der Waals surface area contributed by atoms with Gasteiger partial charge >= 0.3 is 5.97 Å². The second kappa shape index (κ2) is 14.4. The maximum Gasteiger partial charge on any atom is 0.341 e. The lowest BCUT2D eigenvalue weighted by Gasteiger charge is -2.47. The number of piperidine rings is 1. The van der Waals surface area contributed by atoms with Crippen molar-refractivity contribution in [2.75, 3.05) is 19.7 Å². The number of benzene rings is 4. The normalized spacial score (nSPS) is 21.1. The molecule has 0 unspecified atom stereocenters. The summed E-state index contributed by atoms with van der Waals surface area (Å²) in [7, 11) is -3.73. The first-order chi connectivity index (χ1) is 23.4. The Morgan fingerprint density at radius 2 is 1.65 bits per heavy atom. The molecule has 0 saturated carbocycles. The van der Waals surface area contributed by atoms with Gasteiger partial charge in [0, 0.05) is 29.6 Å². The molecule has 2 saturated heterocycles. The molecule has 0 bridgehead atoms. The molecule has 1 N–H and O–H groups in total. The third-order valence-electron chi connectivity index (χ3n) is 9.39. The van der Waals surface area contributed by atoms with Crippen LogP contribution in [0, 0.1) is 25.7 Å². The highest BCUT2D eigenvalue weighted by molar-refractivity contribution is 7.89. The van der Waals surface area contributed by atoms with Crippen molar-refractivity contribution in [3.63, 3.8) is 0 Å². The number of aryl methyl sites for hydroxylation is 2. The predicted octanol–water partition coefficient (Wildman–Crippen LogP) is 8.61. The highest BCUT2D eigenvalue weighted by Crippen LogP contribution is 2.48. The number of ether oxygens (including phenoxy) is 3. The number of fused-ring (bicyclic) bond motifs is 1. The molecule has 2 aliphatic rings. The Balaban J connectivity index is 1.24. The second-order valence-electron chi connectivity index (χ2n) is 12.9. The molecule has 0 spiro atoms. The van der Waals surface area contributed by atoms with Crippen molar-refractivity contribution in [2.45, 2.75) is 50.7 Å². The summed E-state index contributed by atoms with van der Waals surface area (Å²) in [6, 6.07) is 25.9. The molecule has 6 rings (SSSR count). The van der Waals surface area contributed by atoms with Crippen LogP contribution in [0.25, 0.3) is 11.1 Å². The first-order valence-corrected chi connectivity index (χ1v) is 18.1. The van der Waals surface area contributed by atoms with Crippen LogP contribution in [0.5, 0.6) is 17.2 Å². The predicted molar refractivity (Wildman–Crippen MR) is 190 cm³/mol. The summed E-state index contributed by atoms with van der Waals surface area (Å²) in [5.74, 6) is 0.192. The monoisotopic (exact) mass is 701 g/mol. The molecule has 49 heavy (non-hydrogen) atoms. The minimum atomic E-state index is -3.73. The van der Waals surface area contributed by atoms with Gasteiger partial charge in [-0.25, -0.2) is 13.2 Å². The van der Waals surface area contributed by atoms with Crippen LogP contribution in [0.15, 0.2) is 102 Å². The first-order valence-electron chi connectivity index (χ1n) is 16.3. The van der Waals surface area contributed by atoms with E-state index in [-0.39, 0.29) is 22.8 Å². The van der Waals surface area contributed by atoms with Crippen LogP contribution in [-0.2, 0) is 19.6 Å². The van der Waals surface area contributed by atoms with Crippen molar-refractivity contribution in [2.24, 2.45) is 11.8 Å². The van der Waals surface area contributed by atoms with Gasteiger partial charge in [-0.2, -0.15) is 4.31 Å². The van der Waals surface area contributed by atoms with Gasteiger partial charge in [0.1, 0.15) is 17.2 Å². The Bertz CT molecular complexity index is 1940. The van der Waals surface area contributed by atoms with E-state index in [0.29, 0.717) is 53.8 Å². The number of nitrogens with zero attached hydrogens (tertiary/aromatic N) is 1. The second-order valence-corrected chi connectivity index (χ2v) is 15.3. The minimum Gasteiger partial charge on any atom is -0.482 e. The molecule has 0 radical (unpaired) electrons. The first kappa shape index (κ1) is 34.7. The van der Waals surface area contributed by atoms with Crippen LogP contribution in [0.3, 0.4) is 0 Å². The topological polar surface area (TPSA) is 102 Å². The molecule has 4 aromatic carbocycles. The van der Waals surface area contributed by atoms with Crippen LogP contribution in [0.4, 0.5) is 0 Å². The van der Waals surface area contributed by atoms with Crippen LogP contribution in [0.1, 0.15) is 42.6 Å². The zero-order chi connectivity index (χ0) is 34.9. The highest BCUT2D eigenvalue weighted by Gasteiger charge is 2.45. The van der Waals surface area contributed by atoms with Gasteiger partial charge in [0.05, 0.1) is 17.1 Å². The fourth-order valence-electron chi connectivity index (χ4n) is 6.87. The van der Waals surface area contributed by atoms with Crippen LogP contribution in [0.2, 0.25) is 5.02 Å². The molecule has 256 valence electrons. The minimum absolute atomic E-state index is 0.0621.